The van der Waals surface area contributed by atoms with E-state index >= 15 is 0 Å². The number of hydrogen-bond donors (Lipinski definition) is 1. The van der Waals surface area contributed by atoms with Crippen LogP contribution < -0.4 is 5.32 Å². The minimum atomic E-state index is 0.606. The van der Waals surface area contributed by atoms with Gasteiger partial charge in [-0.25, -0.2) is 9.97 Å². The Labute approximate surface area is 130 Å². The summed E-state index contributed by atoms with van der Waals surface area (Å²) in [6, 6.07) is 13.1. The Kier molecular flexibility index (Phi) is 3.51. The summed E-state index contributed by atoms with van der Waals surface area (Å²) in [6.45, 7) is 0.767. The summed E-state index contributed by atoms with van der Waals surface area (Å²) in [7, 11) is 0. The summed E-state index contributed by atoms with van der Waals surface area (Å²) < 4.78 is 2.33. The lowest BCUT2D eigenvalue weighted by Crippen LogP contribution is -2.04. The Hall–Kier alpha value is -2.36. The van der Waals surface area contributed by atoms with Gasteiger partial charge in [0.2, 0.25) is 0 Å². The second kappa shape index (κ2) is 5.79. The molecule has 4 nitrogen and oxygen atoms in total. The first kappa shape index (κ1) is 13.3. The van der Waals surface area contributed by atoms with Gasteiger partial charge in [0.15, 0.2) is 5.82 Å². The molecule has 0 aliphatic heterocycles. The molecule has 22 heavy (non-hydrogen) atoms. The number of imidazole rings is 1. The van der Waals surface area contributed by atoms with Crippen molar-refractivity contribution in [3.8, 4) is 0 Å². The van der Waals surface area contributed by atoms with E-state index in [1.54, 1.807) is 0 Å². The number of pyridine rings is 1. The monoisotopic (exact) mass is 292 g/mol. The maximum atomic E-state index is 4.61. The Morgan fingerprint density at radius 2 is 1.86 bits per heavy atom. The number of fused-ring (bicyclic) bond motifs is 1. The Morgan fingerprint density at radius 3 is 2.68 bits per heavy atom. The first-order valence-corrected chi connectivity index (χ1v) is 8.01. The highest BCUT2D eigenvalue weighted by atomic mass is 15.1. The molecule has 0 saturated heterocycles. The molecule has 112 valence electrons. The van der Waals surface area contributed by atoms with Crippen molar-refractivity contribution in [2.45, 2.75) is 38.3 Å². The molecule has 1 aromatic carbocycles. The molecule has 0 bridgehead atoms. The van der Waals surface area contributed by atoms with E-state index in [2.05, 4.69) is 50.2 Å². The second-order valence-corrected chi connectivity index (χ2v) is 5.96. The lowest BCUT2D eigenvalue weighted by atomic mass is 10.2. The lowest BCUT2D eigenvalue weighted by molar-refractivity contribution is 0.532. The predicted octanol–water partition coefficient (Wildman–Crippen LogP) is 4.16. The van der Waals surface area contributed by atoms with E-state index in [4.69, 9.17) is 0 Å². The minimum absolute atomic E-state index is 0.606. The zero-order chi connectivity index (χ0) is 14.8. The average Bonchev–Trinajstić information content (AvgIpc) is 3.22. The third-order valence-electron chi connectivity index (χ3n) is 4.51. The van der Waals surface area contributed by atoms with Gasteiger partial charge in [-0.1, -0.05) is 43.2 Å². The van der Waals surface area contributed by atoms with Crippen LogP contribution >= 0.6 is 0 Å². The maximum Gasteiger partial charge on any atom is 0.154 e. The van der Waals surface area contributed by atoms with Crippen LogP contribution in [0.3, 0.4) is 0 Å². The number of rotatable bonds is 4. The molecule has 4 rings (SSSR count). The lowest BCUT2D eigenvalue weighted by Gasteiger charge is -2.12. The van der Waals surface area contributed by atoms with Gasteiger partial charge >= 0.3 is 0 Å². The number of aromatic nitrogens is 3. The van der Waals surface area contributed by atoms with Crippen LogP contribution in [-0.4, -0.2) is 14.5 Å². The smallest absolute Gasteiger partial charge is 0.154 e. The quantitative estimate of drug-likeness (QED) is 0.785. The highest BCUT2D eigenvalue weighted by molar-refractivity contribution is 5.85. The molecule has 1 N–H and O–H groups in total. The number of benzene rings is 1. The largest absolute Gasteiger partial charge is 0.364 e. The topological polar surface area (TPSA) is 42.7 Å². The van der Waals surface area contributed by atoms with E-state index < -0.39 is 0 Å². The van der Waals surface area contributed by atoms with E-state index in [-0.39, 0.29) is 0 Å². The first-order chi connectivity index (χ1) is 10.9. The van der Waals surface area contributed by atoms with Crippen molar-refractivity contribution < 1.29 is 0 Å². The summed E-state index contributed by atoms with van der Waals surface area (Å²) in [5.74, 6) is 0.873. The molecule has 4 heteroatoms. The maximum absolute atomic E-state index is 4.61. The second-order valence-electron chi connectivity index (χ2n) is 5.96. The molecule has 0 spiro atoms. The fourth-order valence-corrected chi connectivity index (χ4v) is 3.35. The summed E-state index contributed by atoms with van der Waals surface area (Å²) in [6.07, 6.45) is 9.04. The average molecular weight is 292 g/mol. The molecule has 0 radical (unpaired) electrons. The van der Waals surface area contributed by atoms with E-state index in [0.29, 0.717) is 6.04 Å². The van der Waals surface area contributed by atoms with Gasteiger partial charge in [0.1, 0.15) is 5.52 Å². The third kappa shape index (κ3) is 2.45. The molecule has 0 atom stereocenters. The van der Waals surface area contributed by atoms with Crippen LogP contribution in [0.15, 0.2) is 48.9 Å². The number of nitrogens with zero attached hydrogens (tertiary/aromatic N) is 3. The zero-order valence-electron chi connectivity index (χ0n) is 12.6. The Bertz CT molecular complexity index is 757. The summed E-state index contributed by atoms with van der Waals surface area (Å²) in [5.41, 5.74) is 3.42. The van der Waals surface area contributed by atoms with Crippen molar-refractivity contribution in [3.05, 3.63) is 54.5 Å². The molecule has 1 aliphatic carbocycles. The van der Waals surface area contributed by atoms with Crippen LogP contribution in [-0.2, 0) is 6.54 Å². The number of hydrogen-bond acceptors (Lipinski definition) is 3. The van der Waals surface area contributed by atoms with Crippen LogP contribution in [0.4, 0.5) is 5.82 Å². The third-order valence-corrected chi connectivity index (χ3v) is 4.51. The van der Waals surface area contributed by atoms with E-state index in [1.165, 1.54) is 36.8 Å². The summed E-state index contributed by atoms with van der Waals surface area (Å²) >= 11 is 0. The van der Waals surface area contributed by atoms with Crippen molar-refractivity contribution >= 4 is 16.9 Å². The highest BCUT2D eigenvalue weighted by Gasteiger charge is 2.19. The van der Waals surface area contributed by atoms with Crippen molar-refractivity contribution in [2.75, 3.05) is 5.32 Å². The van der Waals surface area contributed by atoms with Gasteiger partial charge in [0.05, 0.1) is 11.8 Å². The molecule has 2 aromatic heterocycles. The number of nitrogens with one attached hydrogen (secondary N) is 1. The summed E-state index contributed by atoms with van der Waals surface area (Å²) in [4.78, 5) is 9.09. The van der Waals surface area contributed by atoms with E-state index in [9.17, 15) is 0 Å². The first-order valence-electron chi connectivity index (χ1n) is 8.01. The standard InChI is InChI=1S/C18H20N4/c1-2-6-14(7-3-1)12-20-18-17-16(10-11-19-18)22(13-21-17)15-8-4-5-9-15/h1-3,6-7,10-11,13,15H,4-5,8-9,12H2,(H,19,20). The van der Waals surface area contributed by atoms with Gasteiger partial charge in [-0.3, -0.25) is 0 Å². The zero-order valence-corrected chi connectivity index (χ0v) is 12.6. The fraction of sp³-hybridized carbons (Fsp3) is 0.333. The molecule has 1 saturated carbocycles. The van der Waals surface area contributed by atoms with Crippen LogP contribution in [0, 0.1) is 0 Å². The van der Waals surface area contributed by atoms with Gasteiger partial charge in [0.25, 0.3) is 0 Å². The van der Waals surface area contributed by atoms with E-state index in [0.717, 1.165) is 17.9 Å². The van der Waals surface area contributed by atoms with E-state index in [1.807, 2.05) is 18.6 Å². The molecule has 2 heterocycles. The molecule has 0 amide bonds. The normalized spacial score (nSPS) is 15.5. The highest BCUT2D eigenvalue weighted by Crippen LogP contribution is 2.33. The van der Waals surface area contributed by atoms with Gasteiger partial charge in [0, 0.05) is 18.8 Å². The van der Waals surface area contributed by atoms with Crippen molar-refractivity contribution in [3.63, 3.8) is 0 Å². The number of anilines is 1. The Balaban J connectivity index is 1.61. The van der Waals surface area contributed by atoms with Crippen LogP contribution in [0.25, 0.3) is 11.0 Å². The van der Waals surface area contributed by atoms with Gasteiger partial charge < -0.3 is 9.88 Å². The molecular weight excluding hydrogens is 272 g/mol. The van der Waals surface area contributed by atoms with Crippen LogP contribution in [0.5, 0.6) is 0 Å². The van der Waals surface area contributed by atoms with Crippen LogP contribution in [0.1, 0.15) is 37.3 Å². The SMILES string of the molecule is c1ccc(CNc2nccc3c2ncn3C2CCCC2)cc1. The van der Waals surface area contributed by atoms with Crippen molar-refractivity contribution in [1.29, 1.82) is 0 Å². The van der Waals surface area contributed by atoms with Gasteiger partial charge in [-0.15, -0.1) is 0 Å². The van der Waals surface area contributed by atoms with Crippen molar-refractivity contribution in [2.24, 2.45) is 0 Å². The fourth-order valence-electron chi connectivity index (χ4n) is 3.35. The Morgan fingerprint density at radius 1 is 1.05 bits per heavy atom. The molecular formula is C18H20N4. The predicted molar refractivity (Wildman–Crippen MR) is 88.8 cm³/mol. The molecule has 1 fully saturated rings. The minimum Gasteiger partial charge on any atom is -0.364 e. The molecule has 0 unspecified atom stereocenters. The van der Waals surface area contributed by atoms with Crippen molar-refractivity contribution in [1.82, 2.24) is 14.5 Å². The molecule has 1 aliphatic rings. The van der Waals surface area contributed by atoms with Gasteiger partial charge in [-0.2, -0.15) is 0 Å². The summed E-state index contributed by atoms with van der Waals surface area (Å²) in [5, 5.41) is 3.42. The van der Waals surface area contributed by atoms with Crippen LogP contribution in [0.2, 0.25) is 0 Å². The van der Waals surface area contributed by atoms with Gasteiger partial charge in [-0.05, 0) is 24.5 Å². The molecule has 3 aromatic rings.